The maximum absolute atomic E-state index is 5.38. The molecule has 0 spiro atoms. The number of nitrogens with zero attached hydrogens (tertiary/aromatic N) is 2. The van der Waals surface area contributed by atoms with Gasteiger partial charge in [-0.2, -0.15) is 0 Å². The molecule has 19 heavy (non-hydrogen) atoms. The van der Waals surface area contributed by atoms with Crippen LogP contribution in [0.5, 0.6) is 0 Å². The fourth-order valence-corrected chi connectivity index (χ4v) is 2.34. The van der Waals surface area contributed by atoms with Gasteiger partial charge in [0.1, 0.15) is 0 Å². The Morgan fingerprint density at radius 3 is 2.89 bits per heavy atom. The molecule has 2 rings (SSSR count). The van der Waals surface area contributed by atoms with E-state index in [-0.39, 0.29) is 0 Å². The first-order valence-corrected chi connectivity index (χ1v) is 7.09. The smallest absolute Gasteiger partial charge is 0.0710 e. The van der Waals surface area contributed by atoms with Crippen LogP contribution in [0.4, 0.5) is 0 Å². The quantitative estimate of drug-likeness (QED) is 0.849. The molecule has 4 heteroatoms. The van der Waals surface area contributed by atoms with Gasteiger partial charge in [-0.1, -0.05) is 19.9 Å². The van der Waals surface area contributed by atoms with Gasteiger partial charge in [-0.15, -0.1) is 0 Å². The summed E-state index contributed by atoms with van der Waals surface area (Å²) in [5.41, 5.74) is 2.39. The van der Waals surface area contributed by atoms with E-state index in [1.54, 1.807) is 7.11 Å². The summed E-state index contributed by atoms with van der Waals surface area (Å²) in [6, 6.07) is 4.81. The van der Waals surface area contributed by atoms with E-state index in [0.29, 0.717) is 12.1 Å². The zero-order valence-electron chi connectivity index (χ0n) is 12.2. The zero-order chi connectivity index (χ0) is 13.7. The van der Waals surface area contributed by atoms with Crippen molar-refractivity contribution in [3.8, 4) is 0 Å². The van der Waals surface area contributed by atoms with Gasteiger partial charge in [-0.3, -0.25) is 9.88 Å². The van der Waals surface area contributed by atoms with E-state index >= 15 is 0 Å². The molecule has 0 bridgehead atoms. The van der Waals surface area contributed by atoms with Crippen LogP contribution in [0.1, 0.15) is 31.5 Å². The molecule has 1 unspecified atom stereocenters. The lowest BCUT2D eigenvalue weighted by Gasteiger charge is -2.15. The Bertz CT molecular complexity index is 377. The van der Waals surface area contributed by atoms with Crippen LogP contribution in [-0.4, -0.2) is 42.2 Å². The number of hydrogen-bond acceptors (Lipinski definition) is 4. The fraction of sp³-hybridized carbons (Fsp3) is 0.667. The molecule has 0 saturated carbocycles. The van der Waals surface area contributed by atoms with Gasteiger partial charge < -0.3 is 10.1 Å². The van der Waals surface area contributed by atoms with Gasteiger partial charge >= 0.3 is 0 Å². The maximum atomic E-state index is 5.38. The molecular formula is C15H25N3O. The first-order chi connectivity index (χ1) is 9.17. The lowest BCUT2D eigenvalue weighted by molar-refractivity contribution is 0.107. The van der Waals surface area contributed by atoms with Crippen LogP contribution in [0, 0.1) is 0 Å². The van der Waals surface area contributed by atoms with Crippen LogP contribution in [0.3, 0.4) is 0 Å². The molecule has 106 valence electrons. The molecule has 0 amide bonds. The van der Waals surface area contributed by atoms with E-state index in [0.717, 1.165) is 38.3 Å². The van der Waals surface area contributed by atoms with Gasteiger partial charge in [0, 0.05) is 45.5 Å². The van der Waals surface area contributed by atoms with Crippen LogP contribution < -0.4 is 5.32 Å². The molecule has 1 aliphatic rings. The molecule has 0 aromatic carbocycles. The highest BCUT2D eigenvalue weighted by atomic mass is 16.5. The molecule has 1 aromatic rings. The van der Waals surface area contributed by atoms with Gasteiger partial charge in [-0.25, -0.2) is 0 Å². The number of methoxy groups -OCH3 is 1. The first-order valence-electron chi connectivity index (χ1n) is 7.09. The van der Waals surface area contributed by atoms with E-state index in [9.17, 15) is 0 Å². The second kappa shape index (κ2) is 6.98. The molecule has 4 nitrogen and oxygen atoms in total. The molecule has 1 saturated heterocycles. The molecule has 1 fully saturated rings. The predicted molar refractivity (Wildman–Crippen MR) is 76.9 cm³/mol. The van der Waals surface area contributed by atoms with E-state index in [4.69, 9.17) is 4.74 Å². The first kappa shape index (κ1) is 14.4. The van der Waals surface area contributed by atoms with Crippen LogP contribution >= 0.6 is 0 Å². The molecule has 1 aromatic heterocycles. The Labute approximate surface area is 116 Å². The van der Waals surface area contributed by atoms with E-state index in [2.05, 4.69) is 41.2 Å². The van der Waals surface area contributed by atoms with Gasteiger partial charge in [0.05, 0.1) is 11.8 Å². The topological polar surface area (TPSA) is 37.4 Å². The van der Waals surface area contributed by atoms with Crippen molar-refractivity contribution in [2.75, 3.05) is 20.2 Å². The van der Waals surface area contributed by atoms with Crippen LogP contribution in [0.25, 0.3) is 0 Å². The normalized spacial score (nSPS) is 20.3. The van der Waals surface area contributed by atoms with E-state index in [1.807, 2.05) is 6.20 Å². The minimum absolute atomic E-state index is 0.398. The average Bonchev–Trinajstić information content (AvgIpc) is 2.85. The molecular weight excluding hydrogens is 238 g/mol. The Balaban J connectivity index is 1.82. The fourth-order valence-electron chi connectivity index (χ4n) is 2.34. The molecule has 1 N–H and O–H groups in total. The molecule has 0 aliphatic carbocycles. The third-order valence-corrected chi connectivity index (χ3v) is 3.55. The van der Waals surface area contributed by atoms with Crippen LogP contribution in [-0.2, 0) is 17.8 Å². The van der Waals surface area contributed by atoms with E-state index in [1.165, 1.54) is 5.56 Å². The van der Waals surface area contributed by atoms with Crippen molar-refractivity contribution in [2.45, 2.75) is 45.5 Å². The number of rotatable bonds is 6. The van der Waals surface area contributed by atoms with Crippen molar-refractivity contribution >= 4 is 0 Å². The van der Waals surface area contributed by atoms with Crippen molar-refractivity contribution in [3.05, 3.63) is 29.6 Å². The molecule has 1 aliphatic heterocycles. The summed E-state index contributed by atoms with van der Waals surface area (Å²) in [5, 5.41) is 3.40. The van der Waals surface area contributed by atoms with Crippen LogP contribution in [0.2, 0.25) is 0 Å². The summed E-state index contributed by atoms with van der Waals surface area (Å²) in [6.45, 7) is 8.26. The molecule has 2 heterocycles. The van der Waals surface area contributed by atoms with Gasteiger partial charge in [-0.05, 0) is 18.1 Å². The van der Waals surface area contributed by atoms with Crippen molar-refractivity contribution in [2.24, 2.45) is 0 Å². The average molecular weight is 263 g/mol. The number of hydrogen-bond donors (Lipinski definition) is 1. The number of nitrogens with one attached hydrogen (secondary N) is 1. The number of pyridine rings is 1. The number of ether oxygens (including phenoxy) is 1. The molecule has 0 radical (unpaired) electrons. The van der Waals surface area contributed by atoms with Crippen molar-refractivity contribution in [1.29, 1.82) is 0 Å². The Kier molecular flexibility index (Phi) is 5.31. The minimum atomic E-state index is 0.398. The maximum Gasteiger partial charge on any atom is 0.0710 e. The highest BCUT2D eigenvalue weighted by molar-refractivity contribution is 5.14. The van der Waals surface area contributed by atoms with Crippen molar-refractivity contribution in [3.63, 3.8) is 0 Å². The lowest BCUT2D eigenvalue weighted by Crippen LogP contribution is -2.23. The van der Waals surface area contributed by atoms with E-state index < -0.39 is 0 Å². The summed E-state index contributed by atoms with van der Waals surface area (Å²) in [5.74, 6) is 0. The standard InChI is InChI=1S/C15H25N3O/c1-12(2)16-8-13-4-5-14(17-9-13)10-18-7-6-15(11-18)19-3/h4-5,9,12,15-16H,6-8,10-11H2,1-3H3. The summed E-state index contributed by atoms with van der Waals surface area (Å²) in [4.78, 5) is 6.95. The van der Waals surface area contributed by atoms with Crippen LogP contribution in [0.15, 0.2) is 18.3 Å². The third-order valence-electron chi connectivity index (χ3n) is 3.55. The largest absolute Gasteiger partial charge is 0.380 e. The highest BCUT2D eigenvalue weighted by Crippen LogP contribution is 2.14. The van der Waals surface area contributed by atoms with Gasteiger partial charge in [0.2, 0.25) is 0 Å². The van der Waals surface area contributed by atoms with Gasteiger partial charge in [0.25, 0.3) is 0 Å². The Morgan fingerprint density at radius 1 is 1.47 bits per heavy atom. The predicted octanol–water partition coefficient (Wildman–Crippen LogP) is 1.80. The summed E-state index contributed by atoms with van der Waals surface area (Å²) in [7, 11) is 1.79. The summed E-state index contributed by atoms with van der Waals surface area (Å²) in [6.07, 6.45) is 3.51. The second-order valence-corrected chi connectivity index (χ2v) is 5.57. The van der Waals surface area contributed by atoms with Crippen molar-refractivity contribution in [1.82, 2.24) is 15.2 Å². The third kappa shape index (κ3) is 4.56. The number of likely N-dealkylation sites (tertiary alicyclic amines) is 1. The number of aromatic nitrogens is 1. The second-order valence-electron chi connectivity index (χ2n) is 5.57. The monoisotopic (exact) mass is 263 g/mol. The lowest BCUT2D eigenvalue weighted by atomic mass is 10.2. The Hall–Kier alpha value is -0.970. The summed E-state index contributed by atoms with van der Waals surface area (Å²) >= 11 is 0. The molecule has 1 atom stereocenters. The Morgan fingerprint density at radius 2 is 2.32 bits per heavy atom. The summed E-state index contributed by atoms with van der Waals surface area (Å²) < 4.78 is 5.38. The minimum Gasteiger partial charge on any atom is -0.380 e. The SMILES string of the molecule is COC1CCN(Cc2ccc(CNC(C)C)cn2)C1. The van der Waals surface area contributed by atoms with Gasteiger partial charge in [0.15, 0.2) is 0 Å². The zero-order valence-corrected chi connectivity index (χ0v) is 12.2. The highest BCUT2D eigenvalue weighted by Gasteiger charge is 2.21. The van der Waals surface area contributed by atoms with Crippen molar-refractivity contribution < 1.29 is 4.74 Å².